The van der Waals surface area contributed by atoms with E-state index < -0.39 is 17.3 Å². The van der Waals surface area contributed by atoms with Gasteiger partial charge >= 0.3 is 0 Å². The van der Waals surface area contributed by atoms with Gasteiger partial charge in [-0.1, -0.05) is 15.9 Å². The summed E-state index contributed by atoms with van der Waals surface area (Å²) >= 11 is 4.45. The van der Waals surface area contributed by atoms with Gasteiger partial charge in [0.25, 0.3) is 11.5 Å². The molecule has 0 radical (unpaired) electrons. The Labute approximate surface area is 136 Å². The molecule has 0 fully saturated rings. The molecule has 0 saturated heterocycles. The predicted octanol–water partition coefficient (Wildman–Crippen LogP) is 3.22. The van der Waals surface area contributed by atoms with Crippen LogP contribution in [0.3, 0.4) is 0 Å². The molecule has 2 aromatic heterocycles. The summed E-state index contributed by atoms with van der Waals surface area (Å²) < 4.78 is 15.7. The Morgan fingerprint density at radius 2 is 2.23 bits per heavy atom. The van der Waals surface area contributed by atoms with E-state index in [-0.39, 0.29) is 11.3 Å². The van der Waals surface area contributed by atoms with Crippen LogP contribution < -0.4 is 10.9 Å². The fourth-order valence-electron chi connectivity index (χ4n) is 1.96. The average Bonchev–Trinajstić information content (AvgIpc) is 2.84. The molecule has 0 atom stereocenters. The maximum absolute atomic E-state index is 13.8. The molecule has 1 aromatic carbocycles. The predicted molar refractivity (Wildman–Crippen MR) is 86.1 cm³/mol. The topological polar surface area (TPSA) is 63.5 Å². The largest absolute Gasteiger partial charge is 0.319 e. The summed E-state index contributed by atoms with van der Waals surface area (Å²) in [7, 11) is 0. The number of amides is 1. The van der Waals surface area contributed by atoms with Crippen LogP contribution in [0.1, 0.15) is 16.1 Å². The first-order chi connectivity index (χ1) is 10.5. The van der Waals surface area contributed by atoms with Gasteiger partial charge in [0, 0.05) is 21.7 Å². The molecule has 0 spiro atoms. The number of carbonyl (C=O) groups excluding carboxylic acids is 1. The lowest BCUT2D eigenvalue weighted by molar-refractivity contribution is 0.102. The normalized spacial score (nSPS) is 10.9. The highest BCUT2D eigenvalue weighted by Gasteiger charge is 2.16. The zero-order chi connectivity index (χ0) is 15.9. The number of fused-ring (bicyclic) bond motifs is 1. The van der Waals surface area contributed by atoms with Crippen LogP contribution in [0.25, 0.3) is 4.96 Å². The molecule has 1 amide bonds. The molecule has 0 bridgehead atoms. The van der Waals surface area contributed by atoms with Gasteiger partial charge in [-0.25, -0.2) is 9.37 Å². The first-order valence-electron chi connectivity index (χ1n) is 6.19. The maximum atomic E-state index is 13.8. The third-order valence-electron chi connectivity index (χ3n) is 3.04. The van der Waals surface area contributed by atoms with Crippen LogP contribution in [0.2, 0.25) is 0 Å². The number of nitrogens with one attached hydrogen (secondary N) is 1. The van der Waals surface area contributed by atoms with Crippen molar-refractivity contribution in [3.8, 4) is 0 Å². The molecule has 0 saturated carbocycles. The number of thiazole rings is 1. The molecule has 1 N–H and O–H groups in total. The molecule has 3 rings (SSSR count). The van der Waals surface area contributed by atoms with Gasteiger partial charge in [0.1, 0.15) is 11.4 Å². The minimum atomic E-state index is -0.696. The highest BCUT2D eigenvalue weighted by molar-refractivity contribution is 9.10. The highest BCUT2D eigenvalue weighted by Crippen LogP contribution is 2.20. The second-order valence-corrected chi connectivity index (χ2v) is 6.30. The van der Waals surface area contributed by atoms with Crippen molar-refractivity contribution in [2.24, 2.45) is 0 Å². The van der Waals surface area contributed by atoms with Crippen molar-refractivity contribution in [3.63, 3.8) is 0 Å². The quantitative estimate of drug-likeness (QED) is 0.741. The molecule has 3 aromatic rings. The minimum absolute atomic E-state index is 0.000243. The second kappa shape index (κ2) is 5.62. The van der Waals surface area contributed by atoms with E-state index in [4.69, 9.17) is 0 Å². The summed E-state index contributed by atoms with van der Waals surface area (Å²) in [6, 6.07) is 4.24. The van der Waals surface area contributed by atoms with E-state index in [2.05, 4.69) is 26.2 Å². The van der Waals surface area contributed by atoms with Crippen molar-refractivity contribution in [2.75, 3.05) is 5.32 Å². The lowest BCUT2D eigenvalue weighted by Crippen LogP contribution is -2.26. The number of anilines is 1. The van der Waals surface area contributed by atoms with Gasteiger partial charge in [0.2, 0.25) is 0 Å². The smallest absolute Gasteiger partial charge is 0.271 e. The van der Waals surface area contributed by atoms with E-state index in [1.807, 2.05) is 0 Å². The van der Waals surface area contributed by atoms with E-state index in [1.165, 1.54) is 34.1 Å². The molecule has 8 heteroatoms. The van der Waals surface area contributed by atoms with Crippen LogP contribution in [0.5, 0.6) is 0 Å². The fraction of sp³-hybridized carbons (Fsp3) is 0.0714. The Morgan fingerprint density at radius 1 is 1.45 bits per heavy atom. The van der Waals surface area contributed by atoms with E-state index >= 15 is 0 Å². The van der Waals surface area contributed by atoms with Crippen molar-refractivity contribution >= 4 is 43.8 Å². The Hall–Kier alpha value is -2.06. The van der Waals surface area contributed by atoms with Gasteiger partial charge in [-0.3, -0.25) is 14.0 Å². The van der Waals surface area contributed by atoms with Gasteiger partial charge in [0.05, 0.1) is 5.69 Å². The van der Waals surface area contributed by atoms with E-state index in [1.54, 1.807) is 18.4 Å². The Kier molecular flexibility index (Phi) is 3.79. The van der Waals surface area contributed by atoms with Gasteiger partial charge in [-0.15, -0.1) is 11.3 Å². The highest BCUT2D eigenvalue weighted by atomic mass is 79.9. The number of hydrogen-bond donors (Lipinski definition) is 1. The van der Waals surface area contributed by atoms with Gasteiger partial charge in [-0.05, 0) is 25.1 Å². The van der Waals surface area contributed by atoms with Gasteiger partial charge < -0.3 is 5.32 Å². The standard InChI is InChI=1S/C14H9BrFN3O2S/c1-7-6-22-14-17-5-9(13(21)19(7)14)12(20)18-11-3-2-8(15)4-10(11)16/h2-6H,1H3,(H,18,20). The third kappa shape index (κ3) is 2.55. The molecule has 0 aliphatic heterocycles. The maximum Gasteiger partial charge on any atom is 0.271 e. The van der Waals surface area contributed by atoms with E-state index in [0.29, 0.717) is 15.1 Å². The molecule has 0 aliphatic rings. The number of benzene rings is 1. The van der Waals surface area contributed by atoms with Crippen molar-refractivity contribution in [2.45, 2.75) is 6.92 Å². The zero-order valence-electron chi connectivity index (χ0n) is 11.3. The van der Waals surface area contributed by atoms with Crippen LogP contribution in [0, 0.1) is 12.7 Å². The lowest BCUT2D eigenvalue weighted by Gasteiger charge is -2.06. The van der Waals surface area contributed by atoms with Gasteiger partial charge in [-0.2, -0.15) is 0 Å². The van der Waals surface area contributed by atoms with Crippen LogP contribution in [-0.4, -0.2) is 15.3 Å². The average molecular weight is 382 g/mol. The summed E-state index contributed by atoms with van der Waals surface area (Å²) in [5, 5.41) is 4.16. The van der Waals surface area contributed by atoms with Crippen LogP contribution in [0.15, 0.2) is 39.0 Å². The first-order valence-corrected chi connectivity index (χ1v) is 7.87. The van der Waals surface area contributed by atoms with Gasteiger partial charge in [0.15, 0.2) is 4.96 Å². The van der Waals surface area contributed by atoms with Crippen LogP contribution in [-0.2, 0) is 0 Å². The molecule has 0 aliphatic carbocycles. The number of aromatic nitrogens is 2. The molecular formula is C14H9BrFN3O2S. The zero-order valence-corrected chi connectivity index (χ0v) is 13.7. The molecular weight excluding hydrogens is 373 g/mol. The number of hydrogen-bond acceptors (Lipinski definition) is 4. The van der Waals surface area contributed by atoms with E-state index in [9.17, 15) is 14.0 Å². The molecule has 112 valence electrons. The van der Waals surface area contributed by atoms with E-state index in [0.717, 1.165) is 0 Å². The number of aryl methyl sites for hydroxylation is 1. The van der Waals surface area contributed by atoms with Crippen molar-refractivity contribution in [1.29, 1.82) is 0 Å². The molecule has 5 nitrogen and oxygen atoms in total. The molecule has 0 unspecified atom stereocenters. The summed E-state index contributed by atoms with van der Waals surface area (Å²) in [6.07, 6.45) is 1.21. The monoisotopic (exact) mass is 381 g/mol. The lowest BCUT2D eigenvalue weighted by atomic mass is 10.2. The minimum Gasteiger partial charge on any atom is -0.319 e. The third-order valence-corrected chi connectivity index (χ3v) is 4.49. The Bertz CT molecular complexity index is 951. The SMILES string of the molecule is Cc1csc2ncc(C(=O)Nc3ccc(Br)cc3F)c(=O)n12. The van der Waals surface area contributed by atoms with Crippen molar-refractivity contribution in [1.82, 2.24) is 9.38 Å². The summed E-state index contributed by atoms with van der Waals surface area (Å²) in [5.41, 5.74) is 0.0850. The first kappa shape index (κ1) is 14.9. The number of halogens is 2. The number of rotatable bonds is 2. The number of nitrogens with zero attached hydrogens (tertiary/aromatic N) is 2. The van der Waals surface area contributed by atoms with Crippen LogP contribution >= 0.6 is 27.3 Å². The molecule has 22 heavy (non-hydrogen) atoms. The number of carbonyl (C=O) groups is 1. The van der Waals surface area contributed by atoms with Crippen molar-refractivity contribution < 1.29 is 9.18 Å². The molecule has 2 heterocycles. The summed E-state index contributed by atoms with van der Waals surface area (Å²) in [6.45, 7) is 1.75. The Morgan fingerprint density at radius 3 is 2.95 bits per heavy atom. The second-order valence-electron chi connectivity index (χ2n) is 4.55. The summed E-state index contributed by atoms with van der Waals surface area (Å²) in [4.78, 5) is 29.1. The van der Waals surface area contributed by atoms with Crippen LogP contribution in [0.4, 0.5) is 10.1 Å². The summed E-state index contributed by atoms with van der Waals surface area (Å²) in [5.74, 6) is -1.29. The fourth-order valence-corrected chi connectivity index (χ4v) is 3.12. The Balaban J connectivity index is 2.00. The van der Waals surface area contributed by atoms with Crippen molar-refractivity contribution in [3.05, 3.63) is 61.7 Å².